The topological polar surface area (TPSA) is 20.3 Å². The summed E-state index contributed by atoms with van der Waals surface area (Å²) in [7, 11) is -0.566. The van der Waals surface area contributed by atoms with Gasteiger partial charge in [-0.3, -0.25) is 4.21 Å². The van der Waals surface area contributed by atoms with Crippen LogP contribution in [0, 0.1) is 0 Å². The predicted molar refractivity (Wildman–Crippen MR) is 49.2 cm³/mol. The van der Waals surface area contributed by atoms with E-state index in [4.69, 9.17) is 0 Å². The summed E-state index contributed by atoms with van der Waals surface area (Å²) in [5.74, 6) is 0.870. The fourth-order valence-electron chi connectivity index (χ4n) is 1.34. The normalized spacial score (nSPS) is 35.1. The molecule has 0 aromatic heterocycles. The summed E-state index contributed by atoms with van der Waals surface area (Å²) >= 11 is 0. The number of nitrogens with zero attached hydrogens (tertiary/aromatic N) is 1. The monoisotopic (exact) mass is 175 g/mol. The second-order valence-electron chi connectivity index (χ2n) is 3.12. The fourth-order valence-corrected chi connectivity index (χ4v) is 2.55. The van der Waals surface area contributed by atoms with Gasteiger partial charge in [-0.05, 0) is 19.5 Å². The quantitative estimate of drug-likeness (QED) is 0.589. The largest absolute Gasteiger partial charge is 0.303 e. The molecule has 0 aliphatic carbocycles. The van der Waals surface area contributed by atoms with Gasteiger partial charge in [0.25, 0.3) is 0 Å². The van der Waals surface area contributed by atoms with E-state index in [1.54, 1.807) is 0 Å². The first-order chi connectivity index (χ1) is 5.24. The Morgan fingerprint density at radius 3 is 2.91 bits per heavy atom. The zero-order valence-corrected chi connectivity index (χ0v) is 8.19. The average Bonchev–Trinajstić information content (AvgIpc) is 2.16. The molecule has 3 heteroatoms. The Kier molecular flexibility index (Phi) is 3.52. The van der Waals surface area contributed by atoms with Crippen molar-refractivity contribution in [1.29, 1.82) is 0 Å². The predicted octanol–water partition coefficient (Wildman–Crippen LogP) is 0.849. The van der Waals surface area contributed by atoms with E-state index in [2.05, 4.69) is 18.7 Å². The minimum Gasteiger partial charge on any atom is -0.303 e. The van der Waals surface area contributed by atoms with Crippen LogP contribution in [-0.4, -0.2) is 39.7 Å². The molecule has 0 bridgehead atoms. The second-order valence-corrected chi connectivity index (χ2v) is 5.09. The van der Waals surface area contributed by atoms with Gasteiger partial charge >= 0.3 is 0 Å². The Bertz CT molecular complexity index is 149. The van der Waals surface area contributed by atoms with E-state index in [0.717, 1.165) is 31.8 Å². The van der Waals surface area contributed by atoms with Gasteiger partial charge in [0.15, 0.2) is 0 Å². The first-order valence-electron chi connectivity index (χ1n) is 4.33. The van der Waals surface area contributed by atoms with Crippen LogP contribution in [0.4, 0.5) is 0 Å². The van der Waals surface area contributed by atoms with Gasteiger partial charge in [-0.1, -0.05) is 13.8 Å². The van der Waals surface area contributed by atoms with Gasteiger partial charge in [-0.15, -0.1) is 0 Å². The van der Waals surface area contributed by atoms with Crippen molar-refractivity contribution in [2.75, 3.05) is 25.4 Å². The number of hydrogen-bond acceptors (Lipinski definition) is 2. The molecule has 2 nitrogen and oxygen atoms in total. The Morgan fingerprint density at radius 1 is 1.55 bits per heavy atom. The first kappa shape index (κ1) is 9.20. The minimum atomic E-state index is -0.566. The smallest absolute Gasteiger partial charge is 0.0365 e. The minimum absolute atomic E-state index is 0.409. The number of rotatable bonds is 1. The Balaban J connectivity index is 2.44. The van der Waals surface area contributed by atoms with E-state index in [9.17, 15) is 4.21 Å². The van der Waals surface area contributed by atoms with Crippen LogP contribution in [0.2, 0.25) is 0 Å². The molecule has 0 amide bonds. The maximum Gasteiger partial charge on any atom is 0.0365 e. The van der Waals surface area contributed by atoms with E-state index in [1.165, 1.54) is 0 Å². The molecule has 1 saturated heterocycles. The maximum atomic E-state index is 11.4. The van der Waals surface area contributed by atoms with Crippen molar-refractivity contribution in [3.8, 4) is 0 Å². The van der Waals surface area contributed by atoms with E-state index in [1.807, 2.05) is 0 Å². The molecule has 1 fully saturated rings. The molecule has 11 heavy (non-hydrogen) atoms. The standard InChI is InChI=1S/C8H17NOS/c1-3-9-5-4-8(2)11(10)7-6-9/h8H,3-7H2,1-2H3. The van der Waals surface area contributed by atoms with E-state index in [0.29, 0.717) is 5.25 Å². The van der Waals surface area contributed by atoms with Crippen LogP contribution in [0.3, 0.4) is 0 Å². The molecular formula is C8H17NOS. The van der Waals surface area contributed by atoms with E-state index in [-0.39, 0.29) is 0 Å². The van der Waals surface area contributed by atoms with Crippen LogP contribution in [0.5, 0.6) is 0 Å². The summed E-state index contributed by atoms with van der Waals surface area (Å²) < 4.78 is 11.4. The highest BCUT2D eigenvalue weighted by Gasteiger charge is 2.17. The lowest BCUT2D eigenvalue weighted by molar-refractivity contribution is 0.307. The molecule has 1 aliphatic rings. The van der Waals surface area contributed by atoms with Crippen molar-refractivity contribution < 1.29 is 4.21 Å². The maximum absolute atomic E-state index is 11.4. The van der Waals surface area contributed by atoms with Gasteiger partial charge in [-0.2, -0.15) is 0 Å². The summed E-state index contributed by atoms with van der Waals surface area (Å²) in [5.41, 5.74) is 0. The highest BCUT2D eigenvalue weighted by atomic mass is 32.2. The Labute approximate surface area is 71.4 Å². The van der Waals surface area contributed by atoms with Crippen molar-refractivity contribution in [1.82, 2.24) is 4.90 Å². The van der Waals surface area contributed by atoms with Crippen molar-refractivity contribution in [3.05, 3.63) is 0 Å². The SMILES string of the molecule is CCN1CCC(C)S(=O)CC1. The summed E-state index contributed by atoms with van der Waals surface area (Å²) in [4.78, 5) is 2.38. The van der Waals surface area contributed by atoms with Crippen molar-refractivity contribution >= 4 is 10.8 Å². The van der Waals surface area contributed by atoms with Gasteiger partial charge in [-0.25, -0.2) is 0 Å². The summed E-state index contributed by atoms with van der Waals surface area (Å²) in [6, 6.07) is 0. The van der Waals surface area contributed by atoms with Crippen LogP contribution >= 0.6 is 0 Å². The average molecular weight is 175 g/mol. The lowest BCUT2D eigenvalue weighted by Crippen LogP contribution is -2.25. The van der Waals surface area contributed by atoms with Gasteiger partial charge in [0.2, 0.25) is 0 Å². The Morgan fingerprint density at radius 2 is 2.27 bits per heavy atom. The molecule has 0 spiro atoms. The molecule has 2 atom stereocenters. The van der Waals surface area contributed by atoms with Gasteiger partial charge < -0.3 is 4.90 Å². The van der Waals surface area contributed by atoms with Crippen LogP contribution < -0.4 is 0 Å². The van der Waals surface area contributed by atoms with Gasteiger partial charge in [0, 0.05) is 28.3 Å². The highest BCUT2D eigenvalue weighted by molar-refractivity contribution is 7.85. The number of hydrogen-bond donors (Lipinski definition) is 0. The summed E-state index contributed by atoms with van der Waals surface area (Å²) in [6.45, 7) is 7.51. The zero-order chi connectivity index (χ0) is 8.27. The lowest BCUT2D eigenvalue weighted by Gasteiger charge is -2.15. The second kappa shape index (κ2) is 4.21. The molecule has 0 aromatic carbocycles. The zero-order valence-electron chi connectivity index (χ0n) is 7.38. The molecule has 66 valence electrons. The van der Waals surface area contributed by atoms with Crippen LogP contribution in [0.25, 0.3) is 0 Å². The summed E-state index contributed by atoms with van der Waals surface area (Å²) in [6.07, 6.45) is 1.10. The summed E-state index contributed by atoms with van der Waals surface area (Å²) in [5, 5.41) is 0.409. The molecule has 1 aliphatic heterocycles. The third kappa shape index (κ3) is 2.56. The van der Waals surface area contributed by atoms with E-state index < -0.39 is 10.8 Å². The third-order valence-corrected chi connectivity index (χ3v) is 4.07. The Hall–Kier alpha value is 0.110. The van der Waals surface area contributed by atoms with Crippen molar-refractivity contribution in [3.63, 3.8) is 0 Å². The highest BCUT2D eigenvalue weighted by Crippen LogP contribution is 2.08. The van der Waals surface area contributed by atoms with Crippen LogP contribution in [0.15, 0.2) is 0 Å². The molecule has 2 unspecified atom stereocenters. The molecule has 1 rings (SSSR count). The molecule has 0 aromatic rings. The van der Waals surface area contributed by atoms with Gasteiger partial charge in [0.05, 0.1) is 0 Å². The fraction of sp³-hybridized carbons (Fsp3) is 1.00. The molecule has 0 radical (unpaired) electrons. The molecule has 0 N–H and O–H groups in total. The van der Waals surface area contributed by atoms with Crippen molar-refractivity contribution in [2.45, 2.75) is 25.5 Å². The molecular weight excluding hydrogens is 158 g/mol. The van der Waals surface area contributed by atoms with Gasteiger partial charge in [0.1, 0.15) is 0 Å². The van der Waals surface area contributed by atoms with Crippen molar-refractivity contribution in [2.24, 2.45) is 0 Å². The third-order valence-electron chi connectivity index (χ3n) is 2.36. The molecule has 1 heterocycles. The molecule has 0 saturated carbocycles. The lowest BCUT2D eigenvalue weighted by atomic mass is 10.3. The van der Waals surface area contributed by atoms with E-state index >= 15 is 0 Å². The first-order valence-corrected chi connectivity index (χ1v) is 5.71. The van der Waals surface area contributed by atoms with Crippen LogP contribution in [-0.2, 0) is 10.8 Å². The van der Waals surface area contributed by atoms with Crippen LogP contribution in [0.1, 0.15) is 20.3 Å².